The van der Waals surface area contributed by atoms with Gasteiger partial charge in [0.05, 0.1) is 28.6 Å². The third kappa shape index (κ3) is 3.99. The maximum absolute atomic E-state index is 12.5. The Hall–Kier alpha value is -2.46. The van der Waals surface area contributed by atoms with Crippen molar-refractivity contribution in [2.75, 3.05) is 48.8 Å². The van der Waals surface area contributed by atoms with Crippen LogP contribution in [0.2, 0.25) is 0 Å². The Labute approximate surface area is 172 Å². The van der Waals surface area contributed by atoms with Gasteiger partial charge in [0.15, 0.2) is 0 Å². The zero-order chi connectivity index (χ0) is 20.4. The smallest absolute Gasteiger partial charge is 0.227 e. The molecule has 1 unspecified atom stereocenters. The average molecular weight is 418 g/mol. The molecule has 4 N–H and O–H groups in total. The predicted molar refractivity (Wildman–Crippen MR) is 114 cm³/mol. The first-order valence-electron chi connectivity index (χ1n) is 9.84. The van der Waals surface area contributed by atoms with Crippen LogP contribution in [0, 0.1) is 0 Å². The quantitative estimate of drug-likeness (QED) is 0.444. The second kappa shape index (κ2) is 8.11. The third-order valence-corrected chi connectivity index (χ3v) is 7.03. The van der Waals surface area contributed by atoms with E-state index in [-0.39, 0.29) is 12.1 Å². The van der Waals surface area contributed by atoms with Crippen molar-refractivity contribution in [2.24, 2.45) is 10.7 Å². The third-order valence-electron chi connectivity index (χ3n) is 5.57. The highest BCUT2D eigenvalue weighted by Gasteiger charge is 2.44. The summed E-state index contributed by atoms with van der Waals surface area (Å²) >= 11 is 0. The van der Waals surface area contributed by atoms with E-state index < -0.39 is 10.8 Å². The van der Waals surface area contributed by atoms with E-state index in [9.17, 15) is 9.32 Å². The Balaban J connectivity index is 1.55. The van der Waals surface area contributed by atoms with Crippen LogP contribution >= 0.6 is 0 Å². The lowest BCUT2D eigenvalue weighted by molar-refractivity contribution is 0.265. The van der Waals surface area contributed by atoms with Crippen molar-refractivity contribution < 1.29 is 9.32 Å². The van der Waals surface area contributed by atoms with Crippen molar-refractivity contribution in [1.82, 2.24) is 14.9 Å². The van der Waals surface area contributed by atoms with Gasteiger partial charge in [-0.05, 0) is 25.1 Å². The van der Waals surface area contributed by atoms with E-state index in [2.05, 4.69) is 26.7 Å². The van der Waals surface area contributed by atoms with Gasteiger partial charge in [-0.1, -0.05) is 6.58 Å². The summed E-state index contributed by atoms with van der Waals surface area (Å²) in [5.74, 6) is 2.63. The van der Waals surface area contributed by atoms with Gasteiger partial charge in [0.2, 0.25) is 5.95 Å². The Morgan fingerprint density at radius 3 is 2.72 bits per heavy atom. The molecule has 1 aliphatic carbocycles. The SMILES string of the molecule is C=CN=C(/C=C\N)N1CCN(c2nc3c(c(NC4(CO)CC4)n2)S(=O)CC3)CC1. The van der Waals surface area contributed by atoms with Crippen LogP contribution in [0.4, 0.5) is 11.8 Å². The van der Waals surface area contributed by atoms with E-state index in [0.29, 0.717) is 28.8 Å². The van der Waals surface area contributed by atoms with Crippen molar-refractivity contribution in [3.05, 3.63) is 30.7 Å². The maximum atomic E-state index is 12.5. The number of rotatable bonds is 6. The summed E-state index contributed by atoms with van der Waals surface area (Å²) in [6.45, 7) is 6.70. The number of nitrogens with one attached hydrogen (secondary N) is 1. The molecule has 1 atom stereocenters. The van der Waals surface area contributed by atoms with Crippen LogP contribution in [0.1, 0.15) is 18.5 Å². The van der Waals surface area contributed by atoms with Crippen LogP contribution in [0.3, 0.4) is 0 Å². The second-order valence-corrected chi connectivity index (χ2v) is 9.02. The molecule has 3 aliphatic rings. The van der Waals surface area contributed by atoms with Crippen molar-refractivity contribution in [3.8, 4) is 0 Å². The lowest BCUT2D eigenvalue weighted by atomic mass is 10.2. The first kappa shape index (κ1) is 19.8. The highest BCUT2D eigenvalue weighted by Crippen LogP contribution is 2.40. The van der Waals surface area contributed by atoms with Gasteiger partial charge in [-0.25, -0.2) is 9.98 Å². The number of aliphatic imine (C=N–C) groups is 1. The van der Waals surface area contributed by atoms with Crippen molar-refractivity contribution in [3.63, 3.8) is 0 Å². The van der Waals surface area contributed by atoms with E-state index >= 15 is 0 Å². The number of nitrogens with zero attached hydrogens (tertiary/aromatic N) is 5. The molecule has 1 aromatic rings. The van der Waals surface area contributed by atoms with Crippen molar-refractivity contribution in [1.29, 1.82) is 0 Å². The monoisotopic (exact) mass is 417 g/mol. The van der Waals surface area contributed by atoms with E-state index in [1.165, 1.54) is 12.4 Å². The molecule has 1 saturated heterocycles. The molecule has 0 spiro atoms. The highest BCUT2D eigenvalue weighted by molar-refractivity contribution is 7.85. The Bertz CT molecular complexity index is 874. The molecule has 10 heteroatoms. The topological polar surface area (TPSA) is 120 Å². The van der Waals surface area contributed by atoms with Gasteiger partial charge in [0, 0.05) is 44.6 Å². The fraction of sp³-hybridized carbons (Fsp3) is 0.526. The van der Waals surface area contributed by atoms with Crippen molar-refractivity contribution >= 4 is 28.4 Å². The van der Waals surface area contributed by atoms with Gasteiger partial charge in [0.25, 0.3) is 0 Å². The molecule has 29 heavy (non-hydrogen) atoms. The number of fused-ring (bicyclic) bond motifs is 1. The van der Waals surface area contributed by atoms with Gasteiger partial charge in [-0.3, -0.25) is 4.21 Å². The molecule has 2 aliphatic heterocycles. The molecule has 1 saturated carbocycles. The first-order chi connectivity index (χ1) is 14.1. The maximum Gasteiger partial charge on any atom is 0.227 e. The molecule has 3 heterocycles. The largest absolute Gasteiger partial charge is 0.404 e. The van der Waals surface area contributed by atoms with E-state index in [4.69, 9.17) is 15.7 Å². The lowest BCUT2D eigenvalue weighted by Gasteiger charge is -2.36. The molecular weight excluding hydrogens is 390 g/mol. The fourth-order valence-corrected chi connectivity index (χ4v) is 4.99. The van der Waals surface area contributed by atoms with Gasteiger partial charge in [-0.2, -0.15) is 4.98 Å². The molecule has 0 bridgehead atoms. The van der Waals surface area contributed by atoms with E-state index in [0.717, 1.165) is 50.6 Å². The molecule has 2 fully saturated rings. The van der Waals surface area contributed by atoms with Gasteiger partial charge >= 0.3 is 0 Å². The highest BCUT2D eigenvalue weighted by atomic mass is 32.2. The molecule has 9 nitrogen and oxygen atoms in total. The molecule has 4 rings (SSSR count). The van der Waals surface area contributed by atoms with Crippen LogP contribution in [0.15, 0.2) is 34.9 Å². The zero-order valence-corrected chi connectivity index (χ0v) is 17.2. The van der Waals surface area contributed by atoms with Gasteiger partial charge < -0.3 is 26.0 Å². The normalized spacial score (nSPS) is 23.3. The molecule has 0 aromatic carbocycles. The number of piperazine rings is 1. The number of hydrogen-bond acceptors (Lipinski definition) is 8. The number of aryl methyl sites for hydroxylation is 1. The summed E-state index contributed by atoms with van der Waals surface area (Å²) in [5, 5.41) is 13.1. The minimum absolute atomic E-state index is 0.0481. The van der Waals surface area contributed by atoms with Crippen LogP contribution in [0.5, 0.6) is 0 Å². The molecule has 1 aromatic heterocycles. The summed E-state index contributed by atoms with van der Waals surface area (Å²) in [7, 11) is -1.09. The second-order valence-electron chi connectivity index (χ2n) is 7.51. The summed E-state index contributed by atoms with van der Waals surface area (Å²) in [6.07, 6.45) is 7.23. The molecular formula is C19H27N7O2S. The Morgan fingerprint density at radius 1 is 1.34 bits per heavy atom. The Morgan fingerprint density at radius 2 is 2.10 bits per heavy atom. The predicted octanol–water partition coefficient (Wildman–Crippen LogP) is 0.213. The first-order valence-corrected chi connectivity index (χ1v) is 11.2. The Kier molecular flexibility index (Phi) is 5.55. The van der Waals surface area contributed by atoms with Crippen LogP contribution < -0.4 is 16.0 Å². The lowest BCUT2D eigenvalue weighted by Crippen LogP contribution is -2.49. The number of nitrogens with two attached hydrogens (primary N) is 1. The van der Waals surface area contributed by atoms with Crippen LogP contribution in [0.25, 0.3) is 0 Å². The average Bonchev–Trinajstić information content (AvgIpc) is 3.41. The van der Waals surface area contributed by atoms with Gasteiger partial charge in [-0.15, -0.1) is 0 Å². The summed E-state index contributed by atoms with van der Waals surface area (Å²) in [6, 6.07) is 0. The summed E-state index contributed by atoms with van der Waals surface area (Å²) in [5.41, 5.74) is 6.06. The number of hydrogen-bond donors (Lipinski definition) is 3. The number of aliphatic hydroxyl groups is 1. The fourth-order valence-electron chi connectivity index (χ4n) is 3.68. The van der Waals surface area contributed by atoms with E-state index in [1.807, 2.05) is 0 Å². The zero-order valence-electron chi connectivity index (χ0n) is 16.4. The number of aliphatic hydroxyl groups excluding tert-OH is 1. The standard InChI is InChI=1S/C19H27N7O2S/c1-2-21-15(3-7-20)25-8-10-26(11-9-25)18-22-14-4-12-29(28)16(14)17(23-18)24-19(13-27)5-6-19/h2-3,7,27H,1,4-6,8-13,20H2,(H,22,23,24)/b7-3-,21-15?. The minimum Gasteiger partial charge on any atom is -0.404 e. The molecule has 0 amide bonds. The van der Waals surface area contributed by atoms with E-state index in [1.54, 1.807) is 6.08 Å². The van der Waals surface area contributed by atoms with Gasteiger partial charge in [0.1, 0.15) is 16.5 Å². The number of aromatic nitrogens is 2. The number of anilines is 2. The molecule has 156 valence electrons. The summed E-state index contributed by atoms with van der Waals surface area (Å²) < 4.78 is 12.5. The number of amidine groups is 1. The van der Waals surface area contributed by atoms with Crippen molar-refractivity contribution in [2.45, 2.75) is 29.7 Å². The summed E-state index contributed by atoms with van der Waals surface area (Å²) in [4.78, 5) is 18.7. The van der Waals surface area contributed by atoms with Crippen LogP contribution in [-0.4, -0.2) is 74.1 Å². The minimum atomic E-state index is -1.09. The molecule has 0 radical (unpaired) electrons. The van der Waals surface area contributed by atoms with Crippen LogP contribution in [-0.2, 0) is 17.2 Å².